The van der Waals surface area contributed by atoms with E-state index in [2.05, 4.69) is 31.2 Å². The number of pyridine rings is 2. The second kappa shape index (κ2) is 7.27. The SMILES string of the molecule is O=C(NCc1cn2cc(Br)ccc2n1)c1cccnc1SC(F)F. The first-order chi connectivity index (χ1) is 11.5. The minimum absolute atomic E-state index is 0.00364. The Bertz CT molecular complexity index is 887. The van der Waals surface area contributed by atoms with Crippen molar-refractivity contribution >= 4 is 39.2 Å². The number of halogens is 3. The van der Waals surface area contributed by atoms with E-state index in [4.69, 9.17) is 0 Å². The molecule has 1 amide bonds. The predicted molar refractivity (Wildman–Crippen MR) is 90.2 cm³/mol. The molecule has 1 N–H and O–H groups in total. The molecular formula is C15H11BrF2N4OS. The maximum absolute atomic E-state index is 12.5. The number of amides is 1. The lowest BCUT2D eigenvalue weighted by Gasteiger charge is -2.07. The summed E-state index contributed by atoms with van der Waals surface area (Å²) in [6, 6.07) is 6.71. The predicted octanol–water partition coefficient (Wildman–Crippen LogP) is 3.74. The van der Waals surface area contributed by atoms with Crippen molar-refractivity contribution in [2.45, 2.75) is 17.3 Å². The molecule has 0 aliphatic heterocycles. The van der Waals surface area contributed by atoms with Gasteiger partial charge in [-0.3, -0.25) is 4.79 Å². The molecule has 9 heteroatoms. The zero-order valence-electron chi connectivity index (χ0n) is 12.1. The van der Waals surface area contributed by atoms with Gasteiger partial charge in [-0.05, 0) is 52.0 Å². The highest BCUT2D eigenvalue weighted by Crippen LogP contribution is 2.26. The van der Waals surface area contributed by atoms with Crippen molar-refractivity contribution in [1.29, 1.82) is 0 Å². The molecule has 0 bridgehead atoms. The number of nitrogens with zero attached hydrogens (tertiary/aromatic N) is 3. The number of thioether (sulfide) groups is 1. The molecule has 24 heavy (non-hydrogen) atoms. The van der Waals surface area contributed by atoms with Gasteiger partial charge in [0.2, 0.25) is 0 Å². The van der Waals surface area contributed by atoms with E-state index in [1.807, 2.05) is 22.7 Å². The third-order valence-electron chi connectivity index (χ3n) is 3.11. The lowest BCUT2D eigenvalue weighted by Crippen LogP contribution is -2.24. The molecule has 0 unspecified atom stereocenters. The van der Waals surface area contributed by atoms with Crippen LogP contribution in [0.3, 0.4) is 0 Å². The summed E-state index contributed by atoms with van der Waals surface area (Å²) in [5, 5.41) is 2.68. The number of carbonyl (C=O) groups excluding carboxylic acids is 1. The van der Waals surface area contributed by atoms with Gasteiger partial charge in [-0.1, -0.05) is 0 Å². The van der Waals surface area contributed by atoms with Gasteiger partial charge in [0.1, 0.15) is 10.7 Å². The van der Waals surface area contributed by atoms with Crippen LogP contribution in [0.4, 0.5) is 8.78 Å². The summed E-state index contributed by atoms with van der Waals surface area (Å²) >= 11 is 3.62. The maximum atomic E-state index is 12.5. The number of hydrogen-bond acceptors (Lipinski definition) is 4. The molecule has 0 radical (unpaired) electrons. The summed E-state index contributed by atoms with van der Waals surface area (Å²) in [6.07, 6.45) is 5.02. The molecule has 0 fully saturated rings. The summed E-state index contributed by atoms with van der Waals surface area (Å²) in [4.78, 5) is 20.5. The van der Waals surface area contributed by atoms with E-state index in [0.717, 1.165) is 10.1 Å². The molecule has 0 aliphatic rings. The Morgan fingerprint density at radius 1 is 1.33 bits per heavy atom. The number of imidazole rings is 1. The highest BCUT2D eigenvalue weighted by molar-refractivity contribution is 9.10. The molecule has 3 heterocycles. The molecule has 0 saturated carbocycles. The second-order valence-corrected chi connectivity index (χ2v) is 6.66. The van der Waals surface area contributed by atoms with Gasteiger partial charge in [0.25, 0.3) is 11.7 Å². The van der Waals surface area contributed by atoms with E-state index in [1.165, 1.54) is 18.3 Å². The van der Waals surface area contributed by atoms with Crippen molar-refractivity contribution in [2.75, 3.05) is 0 Å². The summed E-state index contributed by atoms with van der Waals surface area (Å²) in [6.45, 7) is 0.186. The van der Waals surface area contributed by atoms with Gasteiger partial charge in [-0.15, -0.1) is 0 Å². The highest BCUT2D eigenvalue weighted by Gasteiger charge is 2.16. The van der Waals surface area contributed by atoms with Gasteiger partial charge < -0.3 is 9.72 Å². The van der Waals surface area contributed by atoms with Crippen LogP contribution in [0.5, 0.6) is 0 Å². The topological polar surface area (TPSA) is 59.3 Å². The Morgan fingerprint density at radius 2 is 2.17 bits per heavy atom. The Kier molecular flexibility index (Phi) is 5.10. The molecule has 0 atom stereocenters. The van der Waals surface area contributed by atoms with E-state index in [9.17, 15) is 13.6 Å². The molecule has 5 nitrogen and oxygen atoms in total. The van der Waals surface area contributed by atoms with Crippen LogP contribution in [-0.4, -0.2) is 26.0 Å². The third-order valence-corrected chi connectivity index (χ3v) is 4.31. The summed E-state index contributed by atoms with van der Waals surface area (Å²) in [5.74, 6) is -3.10. The van der Waals surface area contributed by atoms with Crippen molar-refractivity contribution in [1.82, 2.24) is 19.7 Å². The lowest BCUT2D eigenvalue weighted by atomic mass is 10.2. The normalized spacial score (nSPS) is 11.2. The first kappa shape index (κ1) is 16.8. The molecule has 0 aliphatic carbocycles. The quantitative estimate of drug-likeness (QED) is 0.648. The van der Waals surface area contributed by atoms with E-state index >= 15 is 0 Å². The van der Waals surface area contributed by atoms with E-state index in [0.29, 0.717) is 5.69 Å². The minimum Gasteiger partial charge on any atom is -0.346 e. The number of hydrogen-bond donors (Lipinski definition) is 1. The summed E-state index contributed by atoms with van der Waals surface area (Å²) in [7, 11) is 0. The van der Waals surface area contributed by atoms with E-state index in [1.54, 1.807) is 6.20 Å². The van der Waals surface area contributed by atoms with Crippen LogP contribution >= 0.6 is 27.7 Å². The zero-order chi connectivity index (χ0) is 17.1. The Morgan fingerprint density at radius 3 is 2.96 bits per heavy atom. The first-order valence-corrected chi connectivity index (χ1v) is 8.51. The highest BCUT2D eigenvalue weighted by atomic mass is 79.9. The fourth-order valence-corrected chi connectivity index (χ4v) is 3.04. The van der Waals surface area contributed by atoms with Crippen molar-refractivity contribution in [2.24, 2.45) is 0 Å². The number of aromatic nitrogens is 3. The standard InChI is InChI=1S/C15H11BrF2N4OS/c16-9-3-4-12-21-10(8-22(12)7-9)6-20-13(23)11-2-1-5-19-14(11)24-15(17)18/h1-5,7-8,15H,6H2,(H,20,23). The van der Waals surface area contributed by atoms with Gasteiger partial charge in [0.15, 0.2) is 0 Å². The largest absolute Gasteiger partial charge is 0.346 e. The van der Waals surface area contributed by atoms with Crippen molar-refractivity contribution in [3.05, 3.63) is 58.6 Å². The number of fused-ring (bicyclic) bond motifs is 1. The van der Waals surface area contributed by atoms with Gasteiger partial charge in [0, 0.05) is 23.1 Å². The second-order valence-electron chi connectivity index (χ2n) is 4.76. The van der Waals surface area contributed by atoms with Crippen LogP contribution in [0.1, 0.15) is 16.1 Å². The molecule has 3 aromatic rings. The fourth-order valence-electron chi connectivity index (χ4n) is 2.11. The average Bonchev–Trinajstić information content (AvgIpc) is 2.94. The monoisotopic (exact) mass is 412 g/mol. The lowest BCUT2D eigenvalue weighted by molar-refractivity contribution is 0.0947. The van der Waals surface area contributed by atoms with Crippen LogP contribution in [-0.2, 0) is 6.54 Å². The summed E-state index contributed by atoms with van der Waals surface area (Å²) < 4.78 is 27.8. The fraction of sp³-hybridized carbons (Fsp3) is 0.133. The molecular weight excluding hydrogens is 402 g/mol. The number of nitrogens with one attached hydrogen (secondary N) is 1. The van der Waals surface area contributed by atoms with E-state index in [-0.39, 0.29) is 28.9 Å². The molecule has 0 aromatic carbocycles. The minimum atomic E-state index is -2.64. The molecule has 0 spiro atoms. The molecule has 0 saturated heterocycles. The summed E-state index contributed by atoms with van der Waals surface area (Å²) in [5.41, 5.74) is 1.53. The van der Waals surface area contributed by atoms with Gasteiger partial charge >= 0.3 is 0 Å². The third kappa shape index (κ3) is 3.90. The average molecular weight is 413 g/mol. The van der Waals surface area contributed by atoms with Crippen LogP contribution in [0.25, 0.3) is 5.65 Å². The van der Waals surface area contributed by atoms with Crippen LogP contribution < -0.4 is 5.32 Å². The van der Waals surface area contributed by atoms with Gasteiger partial charge in [0.05, 0.1) is 17.8 Å². The zero-order valence-corrected chi connectivity index (χ0v) is 14.5. The molecule has 3 aromatic heterocycles. The Balaban J connectivity index is 1.73. The number of carbonyl (C=O) groups is 1. The van der Waals surface area contributed by atoms with E-state index < -0.39 is 11.7 Å². The molecule has 124 valence electrons. The Labute approximate surface area is 148 Å². The number of alkyl halides is 2. The number of rotatable bonds is 5. The van der Waals surface area contributed by atoms with Crippen molar-refractivity contribution < 1.29 is 13.6 Å². The van der Waals surface area contributed by atoms with Crippen LogP contribution in [0.2, 0.25) is 0 Å². The van der Waals surface area contributed by atoms with Crippen LogP contribution in [0.15, 0.2) is 52.4 Å². The van der Waals surface area contributed by atoms with Gasteiger partial charge in [-0.25, -0.2) is 9.97 Å². The van der Waals surface area contributed by atoms with Crippen molar-refractivity contribution in [3.63, 3.8) is 0 Å². The molecule has 3 rings (SSSR count). The Hall–Kier alpha value is -2.00. The maximum Gasteiger partial charge on any atom is 0.290 e. The van der Waals surface area contributed by atoms with Crippen LogP contribution in [0, 0.1) is 0 Å². The van der Waals surface area contributed by atoms with Crippen molar-refractivity contribution in [3.8, 4) is 0 Å². The first-order valence-electron chi connectivity index (χ1n) is 6.84. The van der Waals surface area contributed by atoms with Gasteiger partial charge in [-0.2, -0.15) is 8.78 Å². The smallest absolute Gasteiger partial charge is 0.290 e.